The van der Waals surface area contributed by atoms with E-state index in [1.165, 1.54) is 36.0 Å². The highest BCUT2D eigenvalue weighted by Gasteiger charge is 2.24. The average molecular weight is 500 g/mol. The van der Waals surface area contributed by atoms with Gasteiger partial charge < -0.3 is 26.3 Å². The number of hydrogen-bond donors (Lipinski definition) is 3. The van der Waals surface area contributed by atoms with E-state index >= 15 is 0 Å². The lowest BCUT2D eigenvalue weighted by atomic mass is 9.97. The van der Waals surface area contributed by atoms with Crippen molar-refractivity contribution in [1.29, 1.82) is 0 Å². The fourth-order valence-corrected chi connectivity index (χ4v) is 4.71. The molecule has 1 saturated heterocycles. The highest BCUT2D eigenvalue weighted by Crippen LogP contribution is 2.34. The zero-order valence-corrected chi connectivity index (χ0v) is 21.0. The second-order valence-electron chi connectivity index (χ2n) is 9.56. The molecule has 0 spiro atoms. The summed E-state index contributed by atoms with van der Waals surface area (Å²) in [6.07, 6.45) is 10.1. The van der Waals surface area contributed by atoms with E-state index < -0.39 is 0 Å². The van der Waals surface area contributed by atoms with E-state index in [0.717, 1.165) is 49.2 Å². The molecule has 3 aromatic heterocycles. The number of anilines is 2. The van der Waals surface area contributed by atoms with Crippen LogP contribution in [0.1, 0.15) is 37.3 Å². The molecule has 192 valence electrons. The molecule has 1 unspecified atom stereocenters. The van der Waals surface area contributed by atoms with Gasteiger partial charge in [-0.25, -0.2) is 15.0 Å². The molecule has 5 N–H and O–H groups in total. The van der Waals surface area contributed by atoms with Gasteiger partial charge in [0.1, 0.15) is 11.8 Å². The van der Waals surface area contributed by atoms with E-state index in [1.54, 1.807) is 6.33 Å². The van der Waals surface area contributed by atoms with Crippen molar-refractivity contribution in [3.63, 3.8) is 0 Å². The van der Waals surface area contributed by atoms with Crippen molar-refractivity contribution < 1.29 is 4.79 Å². The van der Waals surface area contributed by atoms with Crippen LogP contribution in [0.2, 0.25) is 0 Å². The Hall–Kier alpha value is -4.05. The number of benzene rings is 1. The molecule has 37 heavy (non-hydrogen) atoms. The number of fused-ring (bicyclic) bond motifs is 1. The van der Waals surface area contributed by atoms with Crippen molar-refractivity contribution in [2.45, 2.75) is 51.2 Å². The van der Waals surface area contributed by atoms with Gasteiger partial charge in [-0.3, -0.25) is 9.78 Å². The number of nitrogens with zero attached hydrogens (tertiary/aromatic N) is 6. The molecule has 10 heteroatoms. The Bertz CT molecular complexity index is 1370. The number of aryl methyl sites for hydroxylation is 1. The summed E-state index contributed by atoms with van der Waals surface area (Å²) >= 11 is 0. The number of rotatable bonds is 7. The summed E-state index contributed by atoms with van der Waals surface area (Å²) in [6.45, 7) is 4.64. The van der Waals surface area contributed by atoms with Crippen LogP contribution in [0.15, 0.2) is 49.2 Å². The number of aromatic nitrogens is 5. The van der Waals surface area contributed by atoms with Gasteiger partial charge >= 0.3 is 0 Å². The molecule has 2 fully saturated rings. The number of nitrogens with one attached hydrogen (secondary N) is 1. The lowest BCUT2D eigenvalue weighted by Gasteiger charge is -2.25. The van der Waals surface area contributed by atoms with Gasteiger partial charge in [0.25, 0.3) is 0 Å². The van der Waals surface area contributed by atoms with E-state index in [1.807, 2.05) is 22.9 Å². The van der Waals surface area contributed by atoms with Gasteiger partial charge in [-0.1, -0.05) is 13.0 Å². The molecule has 1 aliphatic carbocycles. The Balaban J connectivity index is 0.000000412. The molecule has 1 amide bonds. The molecule has 1 saturated carbocycles. The SMILES string of the molecule is CCc1cc(-c2ccccn2)cc(N2CCC(N)C2)c1Cn1cnc2c(N)ncnc21.O=CNC1CC1. The van der Waals surface area contributed by atoms with Crippen LogP contribution in [0.4, 0.5) is 11.5 Å². The third-order valence-electron chi connectivity index (χ3n) is 6.86. The highest BCUT2D eigenvalue weighted by atomic mass is 16.1. The summed E-state index contributed by atoms with van der Waals surface area (Å²) in [5.74, 6) is 0.399. The maximum atomic E-state index is 9.54. The standard InChI is InChI=1S/C23H26N8.C4H7NO/c1-2-15-9-16(19-5-3-4-7-26-19)10-20(30-8-6-17(24)11-30)18(15)12-31-14-29-21-22(25)27-13-28-23(21)31;6-3-5-4-1-2-4/h3-5,7,9-10,13-14,17H,2,6,8,11-12,24H2,1H3,(H2,25,27,28);3-4H,1-2H2,(H,5,6). The van der Waals surface area contributed by atoms with E-state index in [-0.39, 0.29) is 6.04 Å². The summed E-state index contributed by atoms with van der Waals surface area (Å²) in [7, 11) is 0. The first-order chi connectivity index (χ1) is 18.1. The third-order valence-corrected chi connectivity index (χ3v) is 6.86. The van der Waals surface area contributed by atoms with Crippen LogP contribution in [-0.4, -0.2) is 56.1 Å². The molecule has 1 aromatic carbocycles. The zero-order valence-electron chi connectivity index (χ0n) is 21.0. The van der Waals surface area contributed by atoms with Crippen LogP contribution < -0.4 is 21.7 Å². The number of carbonyl (C=O) groups is 1. The molecule has 1 aliphatic heterocycles. The van der Waals surface area contributed by atoms with Gasteiger partial charge in [-0.15, -0.1) is 0 Å². The number of carbonyl (C=O) groups excluding carboxylic acids is 1. The molecule has 0 bridgehead atoms. The number of nitrogen functional groups attached to an aromatic ring is 1. The predicted octanol–water partition coefficient (Wildman–Crippen LogP) is 2.51. The van der Waals surface area contributed by atoms with Gasteiger partial charge in [-0.2, -0.15) is 0 Å². The maximum absolute atomic E-state index is 9.54. The topological polar surface area (TPSA) is 141 Å². The van der Waals surface area contributed by atoms with E-state index in [9.17, 15) is 4.79 Å². The third kappa shape index (κ3) is 5.54. The molecule has 2 aliphatic rings. The second-order valence-corrected chi connectivity index (χ2v) is 9.56. The summed E-state index contributed by atoms with van der Waals surface area (Å²) in [5, 5.41) is 2.64. The van der Waals surface area contributed by atoms with Crippen molar-refractivity contribution in [2.75, 3.05) is 23.7 Å². The van der Waals surface area contributed by atoms with Crippen LogP contribution in [-0.2, 0) is 17.8 Å². The molecule has 0 radical (unpaired) electrons. The number of amides is 1. The van der Waals surface area contributed by atoms with Crippen molar-refractivity contribution >= 4 is 29.1 Å². The molecule has 4 heterocycles. The van der Waals surface area contributed by atoms with E-state index in [0.29, 0.717) is 23.9 Å². The highest BCUT2D eigenvalue weighted by molar-refractivity contribution is 5.81. The molecule has 10 nitrogen and oxygen atoms in total. The summed E-state index contributed by atoms with van der Waals surface area (Å²) in [5.41, 5.74) is 19.5. The van der Waals surface area contributed by atoms with Crippen molar-refractivity contribution in [3.05, 3.63) is 60.3 Å². The van der Waals surface area contributed by atoms with E-state index in [4.69, 9.17) is 11.5 Å². The lowest BCUT2D eigenvalue weighted by molar-refractivity contribution is -0.109. The average Bonchev–Trinajstić information content (AvgIpc) is 3.48. The number of nitrogens with two attached hydrogens (primary N) is 2. The molecule has 6 rings (SSSR count). The van der Waals surface area contributed by atoms with Gasteiger partial charge in [-0.05, 0) is 61.1 Å². The first kappa shape index (κ1) is 24.6. The van der Waals surface area contributed by atoms with Gasteiger partial charge in [0.2, 0.25) is 6.41 Å². The Morgan fingerprint density at radius 3 is 2.65 bits per heavy atom. The summed E-state index contributed by atoms with van der Waals surface area (Å²) in [4.78, 5) is 29.4. The number of hydrogen-bond acceptors (Lipinski definition) is 8. The van der Waals surface area contributed by atoms with Crippen molar-refractivity contribution in [3.8, 4) is 11.3 Å². The Kier molecular flexibility index (Phi) is 7.27. The minimum Gasteiger partial charge on any atom is -0.382 e. The fraction of sp³-hybridized carbons (Fsp3) is 0.370. The Morgan fingerprint density at radius 2 is 2.00 bits per heavy atom. The normalized spacial score (nSPS) is 16.9. The molecular weight excluding hydrogens is 466 g/mol. The Morgan fingerprint density at radius 1 is 1.14 bits per heavy atom. The van der Waals surface area contributed by atoms with Crippen LogP contribution in [0.3, 0.4) is 0 Å². The first-order valence-corrected chi connectivity index (χ1v) is 12.8. The maximum Gasteiger partial charge on any atom is 0.207 e. The van der Waals surface area contributed by atoms with Crippen molar-refractivity contribution in [1.82, 2.24) is 29.8 Å². The van der Waals surface area contributed by atoms with Gasteiger partial charge in [0.15, 0.2) is 11.5 Å². The summed E-state index contributed by atoms with van der Waals surface area (Å²) in [6, 6.07) is 11.2. The van der Waals surface area contributed by atoms with Gasteiger partial charge in [0.05, 0.1) is 18.6 Å². The first-order valence-electron chi connectivity index (χ1n) is 12.8. The molecule has 4 aromatic rings. The second kappa shape index (κ2) is 10.9. The lowest BCUT2D eigenvalue weighted by Crippen LogP contribution is -2.27. The van der Waals surface area contributed by atoms with Crippen molar-refractivity contribution in [2.24, 2.45) is 5.73 Å². The minimum absolute atomic E-state index is 0.193. The summed E-state index contributed by atoms with van der Waals surface area (Å²) < 4.78 is 2.04. The van der Waals surface area contributed by atoms with Gasteiger partial charge in [0, 0.05) is 42.6 Å². The smallest absolute Gasteiger partial charge is 0.207 e. The number of pyridine rings is 1. The quantitative estimate of drug-likeness (QED) is 0.330. The predicted molar refractivity (Wildman–Crippen MR) is 145 cm³/mol. The largest absolute Gasteiger partial charge is 0.382 e. The molecule has 1 atom stereocenters. The van der Waals surface area contributed by atoms with E-state index in [2.05, 4.69) is 55.3 Å². The van der Waals surface area contributed by atoms with Crippen LogP contribution in [0.5, 0.6) is 0 Å². The fourth-order valence-electron chi connectivity index (χ4n) is 4.71. The minimum atomic E-state index is 0.193. The monoisotopic (exact) mass is 499 g/mol. The van der Waals surface area contributed by atoms with Crippen LogP contribution in [0.25, 0.3) is 22.4 Å². The van der Waals surface area contributed by atoms with Crippen LogP contribution in [0, 0.1) is 0 Å². The van der Waals surface area contributed by atoms with Crippen LogP contribution >= 0.6 is 0 Å². The Labute approximate surface area is 216 Å². The number of imidazole rings is 1. The molecular formula is C27H33N9O. The zero-order chi connectivity index (χ0) is 25.8.